The van der Waals surface area contributed by atoms with Crippen molar-refractivity contribution < 1.29 is 9.18 Å². The number of carbonyl (C=O) groups is 1. The van der Waals surface area contributed by atoms with Gasteiger partial charge < -0.3 is 10.3 Å². The summed E-state index contributed by atoms with van der Waals surface area (Å²) < 4.78 is 13.1. The SMILES string of the molecule is Cc1cc(CNC(=O)c2ccc[nH]c2=O)ccc1F. The van der Waals surface area contributed by atoms with Crippen LogP contribution in [0.5, 0.6) is 0 Å². The number of aryl methyl sites for hydroxylation is 1. The van der Waals surface area contributed by atoms with Gasteiger partial charge in [-0.2, -0.15) is 0 Å². The summed E-state index contributed by atoms with van der Waals surface area (Å²) in [7, 11) is 0. The number of rotatable bonds is 3. The normalized spacial score (nSPS) is 10.2. The monoisotopic (exact) mass is 260 g/mol. The number of aromatic amines is 1. The van der Waals surface area contributed by atoms with E-state index in [1.54, 1.807) is 25.1 Å². The second-order valence-corrected chi connectivity index (χ2v) is 4.18. The zero-order chi connectivity index (χ0) is 13.8. The summed E-state index contributed by atoms with van der Waals surface area (Å²) in [5, 5.41) is 2.62. The minimum absolute atomic E-state index is 0.0568. The molecule has 0 fully saturated rings. The average molecular weight is 260 g/mol. The number of hydrogen-bond acceptors (Lipinski definition) is 2. The van der Waals surface area contributed by atoms with Gasteiger partial charge in [-0.15, -0.1) is 0 Å². The van der Waals surface area contributed by atoms with Crippen LogP contribution < -0.4 is 10.9 Å². The van der Waals surface area contributed by atoms with Gasteiger partial charge in [-0.1, -0.05) is 12.1 Å². The van der Waals surface area contributed by atoms with E-state index < -0.39 is 11.5 Å². The number of halogens is 1. The van der Waals surface area contributed by atoms with Crippen LogP contribution in [0.3, 0.4) is 0 Å². The summed E-state index contributed by atoms with van der Waals surface area (Å²) in [6.45, 7) is 1.90. The fraction of sp³-hybridized carbons (Fsp3) is 0.143. The number of pyridine rings is 1. The molecule has 2 N–H and O–H groups in total. The number of nitrogens with one attached hydrogen (secondary N) is 2. The minimum atomic E-state index is -0.455. The maximum atomic E-state index is 13.1. The van der Waals surface area contributed by atoms with Crippen molar-refractivity contribution >= 4 is 5.91 Å². The summed E-state index contributed by atoms with van der Waals surface area (Å²) in [5.41, 5.74) is 0.917. The van der Waals surface area contributed by atoms with Crippen LogP contribution in [0.15, 0.2) is 41.3 Å². The maximum Gasteiger partial charge on any atom is 0.260 e. The Balaban J connectivity index is 2.07. The molecule has 4 nitrogen and oxygen atoms in total. The Bertz CT molecular complexity index is 664. The third kappa shape index (κ3) is 3.07. The van der Waals surface area contributed by atoms with E-state index in [2.05, 4.69) is 10.3 Å². The van der Waals surface area contributed by atoms with E-state index in [-0.39, 0.29) is 17.9 Å². The summed E-state index contributed by atoms with van der Waals surface area (Å²) in [6, 6.07) is 7.64. The Morgan fingerprint density at radius 3 is 2.84 bits per heavy atom. The first-order valence-corrected chi connectivity index (χ1v) is 5.79. The maximum absolute atomic E-state index is 13.1. The number of amides is 1. The molecule has 0 saturated carbocycles. The number of carbonyl (C=O) groups excluding carboxylic acids is 1. The fourth-order valence-corrected chi connectivity index (χ4v) is 1.69. The Hall–Kier alpha value is -2.43. The van der Waals surface area contributed by atoms with E-state index in [1.165, 1.54) is 18.3 Å². The third-order valence-electron chi connectivity index (χ3n) is 2.74. The topological polar surface area (TPSA) is 62.0 Å². The van der Waals surface area contributed by atoms with Gasteiger partial charge in [0.15, 0.2) is 0 Å². The molecule has 0 unspecified atom stereocenters. The van der Waals surface area contributed by atoms with Gasteiger partial charge in [0.25, 0.3) is 11.5 Å². The molecule has 0 saturated heterocycles. The van der Waals surface area contributed by atoms with Crippen molar-refractivity contribution in [3.8, 4) is 0 Å². The standard InChI is InChI=1S/C14H13FN2O2/c1-9-7-10(4-5-12(9)15)8-17-14(19)11-3-2-6-16-13(11)18/h2-7H,8H2,1H3,(H,16,18)(H,17,19). The highest BCUT2D eigenvalue weighted by molar-refractivity contribution is 5.93. The van der Waals surface area contributed by atoms with Gasteiger partial charge in [0, 0.05) is 12.7 Å². The van der Waals surface area contributed by atoms with E-state index >= 15 is 0 Å². The van der Waals surface area contributed by atoms with Gasteiger partial charge in [-0.25, -0.2) is 4.39 Å². The molecular weight excluding hydrogens is 247 g/mol. The lowest BCUT2D eigenvalue weighted by Crippen LogP contribution is -2.28. The Morgan fingerprint density at radius 1 is 1.37 bits per heavy atom. The number of hydrogen-bond donors (Lipinski definition) is 2. The lowest BCUT2D eigenvalue weighted by Gasteiger charge is -2.06. The predicted octanol–water partition coefficient (Wildman–Crippen LogP) is 1.75. The Morgan fingerprint density at radius 2 is 2.16 bits per heavy atom. The quantitative estimate of drug-likeness (QED) is 0.883. The Kier molecular flexibility index (Phi) is 3.75. The fourth-order valence-electron chi connectivity index (χ4n) is 1.69. The second kappa shape index (κ2) is 5.48. The largest absolute Gasteiger partial charge is 0.348 e. The Labute approximate surface area is 109 Å². The summed E-state index contributed by atoms with van der Waals surface area (Å²) in [6.07, 6.45) is 1.46. The molecule has 0 radical (unpaired) electrons. The average Bonchev–Trinajstić information content (AvgIpc) is 2.40. The molecular formula is C14H13FN2O2. The van der Waals surface area contributed by atoms with E-state index in [0.29, 0.717) is 5.56 Å². The van der Waals surface area contributed by atoms with Crippen molar-refractivity contribution in [2.45, 2.75) is 13.5 Å². The van der Waals surface area contributed by atoms with Crippen molar-refractivity contribution in [1.82, 2.24) is 10.3 Å². The minimum Gasteiger partial charge on any atom is -0.348 e. The number of benzene rings is 1. The van der Waals surface area contributed by atoms with E-state index in [9.17, 15) is 14.0 Å². The van der Waals surface area contributed by atoms with E-state index in [1.807, 2.05) is 0 Å². The zero-order valence-electron chi connectivity index (χ0n) is 10.4. The zero-order valence-corrected chi connectivity index (χ0v) is 10.4. The molecule has 0 aliphatic heterocycles. The van der Waals surface area contributed by atoms with Gasteiger partial charge in [-0.05, 0) is 36.2 Å². The smallest absolute Gasteiger partial charge is 0.260 e. The molecule has 1 heterocycles. The van der Waals surface area contributed by atoms with Crippen LogP contribution in [0.2, 0.25) is 0 Å². The van der Waals surface area contributed by atoms with Crippen LogP contribution in [0, 0.1) is 12.7 Å². The molecule has 2 rings (SSSR count). The van der Waals surface area contributed by atoms with Gasteiger partial charge in [0.05, 0.1) is 0 Å². The van der Waals surface area contributed by atoms with Crippen molar-refractivity contribution in [2.75, 3.05) is 0 Å². The van der Waals surface area contributed by atoms with Gasteiger partial charge in [-0.3, -0.25) is 9.59 Å². The molecule has 2 aromatic rings. The molecule has 98 valence electrons. The van der Waals surface area contributed by atoms with Crippen molar-refractivity contribution in [3.63, 3.8) is 0 Å². The first-order valence-electron chi connectivity index (χ1n) is 5.79. The van der Waals surface area contributed by atoms with Gasteiger partial charge in [0.2, 0.25) is 0 Å². The molecule has 1 aromatic carbocycles. The van der Waals surface area contributed by atoms with Crippen LogP contribution in [-0.2, 0) is 6.54 Å². The molecule has 0 spiro atoms. The van der Waals surface area contributed by atoms with Crippen LogP contribution in [0.4, 0.5) is 4.39 Å². The molecule has 5 heteroatoms. The summed E-state index contributed by atoms with van der Waals surface area (Å²) in [5.74, 6) is -0.738. The first kappa shape index (κ1) is 13.0. The van der Waals surface area contributed by atoms with Gasteiger partial charge in [0.1, 0.15) is 11.4 Å². The van der Waals surface area contributed by atoms with E-state index in [0.717, 1.165) is 5.56 Å². The number of H-pyrrole nitrogens is 1. The van der Waals surface area contributed by atoms with Crippen LogP contribution in [0.25, 0.3) is 0 Å². The molecule has 19 heavy (non-hydrogen) atoms. The summed E-state index contributed by atoms with van der Waals surface area (Å²) >= 11 is 0. The van der Waals surface area contributed by atoms with Crippen LogP contribution in [-0.4, -0.2) is 10.9 Å². The first-order chi connectivity index (χ1) is 9.08. The molecule has 0 aliphatic carbocycles. The highest BCUT2D eigenvalue weighted by Gasteiger charge is 2.09. The van der Waals surface area contributed by atoms with Gasteiger partial charge >= 0.3 is 0 Å². The highest BCUT2D eigenvalue weighted by atomic mass is 19.1. The second-order valence-electron chi connectivity index (χ2n) is 4.18. The van der Waals surface area contributed by atoms with Crippen molar-refractivity contribution in [2.24, 2.45) is 0 Å². The van der Waals surface area contributed by atoms with Crippen LogP contribution in [0.1, 0.15) is 21.5 Å². The van der Waals surface area contributed by atoms with Crippen LogP contribution >= 0.6 is 0 Å². The molecule has 0 aliphatic rings. The van der Waals surface area contributed by atoms with E-state index in [4.69, 9.17) is 0 Å². The molecule has 1 aromatic heterocycles. The van der Waals surface area contributed by atoms with Crippen molar-refractivity contribution in [1.29, 1.82) is 0 Å². The lowest BCUT2D eigenvalue weighted by atomic mass is 10.1. The highest BCUT2D eigenvalue weighted by Crippen LogP contribution is 2.09. The molecule has 0 atom stereocenters. The summed E-state index contributed by atoms with van der Waals surface area (Å²) in [4.78, 5) is 25.6. The van der Waals surface area contributed by atoms with Crippen molar-refractivity contribution in [3.05, 3.63) is 69.4 Å². The number of aromatic nitrogens is 1. The predicted molar refractivity (Wildman–Crippen MR) is 69.4 cm³/mol. The lowest BCUT2D eigenvalue weighted by molar-refractivity contribution is 0.0949. The third-order valence-corrected chi connectivity index (χ3v) is 2.74. The molecule has 1 amide bonds. The molecule has 0 bridgehead atoms.